The van der Waals surface area contributed by atoms with Crippen LogP contribution in [0, 0.1) is 0 Å². The quantitative estimate of drug-likeness (QED) is 0.799. The Morgan fingerprint density at radius 2 is 1.85 bits per heavy atom. The molecule has 20 heavy (non-hydrogen) atoms. The van der Waals surface area contributed by atoms with E-state index in [1.54, 1.807) is 12.1 Å². The van der Waals surface area contributed by atoms with E-state index in [0.29, 0.717) is 5.56 Å². The summed E-state index contributed by atoms with van der Waals surface area (Å²) < 4.78 is 0. The Labute approximate surface area is 117 Å². The summed E-state index contributed by atoms with van der Waals surface area (Å²) in [6.45, 7) is 0.0992. The fraction of sp³-hybridized carbons (Fsp3) is 0.312. The molecule has 0 aliphatic heterocycles. The number of aliphatic hydroxyl groups is 1. The van der Waals surface area contributed by atoms with Gasteiger partial charge in [-0.25, -0.2) is 4.79 Å². The minimum atomic E-state index is -0.923. The number of hydrogen-bond acceptors (Lipinski definition) is 3. The molecule has 4 nitrogen and oxygen atoms in total. The lowest BCUT2D eigenvalue weighted by atomic mass is 9.77. The van der Waals surface area contributed by atoms with E-state index in [4.69, 9.17) is 0 Å². The van der Waals surface area contributed by atoms with Crippen molar-refractivity contribution in [2.75, 3.05) is 11.9 Å². The van der Waals surface area contributed by atoms with Gasteiger partial charge in [-0.3, -0.25) is 0 Å². The molecule has 1 fully saturated rings. The Hall–Kier alpha value is -2.07. The average Bonchev–Trinajstić information content (AvgIpc) is 2.42. The van der Waals surface area contributed by atoms with Crippen molar-refractivity contribution in [3.8, 4) is 0 Å². The smallest absolute Gasteiger partial charge is 0.336 e. The number of nitrogens with one attached hydrogen (secondary N) is 1. The molecule has 3 N–H and O–H groups in total. The van der Waals surface area contributed by atoms with Gasteiger partial charge in [-0.05, 0) is 36.8 Å². The molecule has 0 heterocycles. The van der Waals surface area contributed by atoms with Gasteiger partial charge in [0, 0.05) is 11.1 Å². The minimum absolute atomic E-state index is 0.0992. The molecule has 0 radical (unpaired) electrons. The number of hydrogen-bond donors (Lipinski definition) is 3. The van der Waals surface area contributed by atoms with Crippen LogP contribution in [0.1, 0.15) is 29.6 Å². The lowest BCUT2D eigenvalue weighted by Crippen LogP contribution is -2.48. The zero-order valence-electron chi connectivity index (χ0n) is 11.1. The van der Waals surface area contributed by atoms with Crippen molar-refractivity contribution in [1.82, 2.24) is 0 Å². The van der Waals surface area contributed by atoms with Crippen molar-refractivity contribution in [2.45, 2.75) is 24.8 Å². The van der Waals surface area contributed by atoms with Crippen LogP contribution in [-0.2, 0) is 0 Å². The number of aromatic carboxylic acids is 1. The summed E-state index contributed by atoms with van der Waals surface area (Å²) in [6, 6.07) is 10.9. The maximum absolute atomic E-state index is 11.3. The van der Waals surface area contributed by atoms with Gasteiger partial charge < -0.3 is 15.5 Å². The number of carboxylic acids is 1. The fourth-order valence-electron chi connectivity index (χ4n) is 2.81. The van der Waals surface area contributed by atoms with Gasteiger partial charge >= 0.3 is 5.97 Å². The van der Waals surface area contributed by atoms with Gasteiger partial charge in [0.15, 0.2) is 0 Å². The van der Waals surface area contributed by atoms with Gasteiger partial charge in [0.25, 0.3) is 0 Å². The molecule has 0 spiro atoms. The predicted octanol–water partition coefficient (Wildman–Crippen LogP) is 2.86. The highest BCUT2D eigenvalue weighted by Gasteiger charge is 2.36. The molecule has 4 heteroatoms. The van der Waals surface area contributed by atoms with Crippen molar-refractivity contribution in [2.24, 2.45) is 0 Å². The molecule has 2 aromatic rings. The monoisotopic (exact) mass is 271 g/mol. The molecular weight excluding hydrogens is 254 g/mol. The van der Waals surface area contributed by atoms with Gasteiger partial charge in [0.1, 0.15) is 0 Å². The van der Waals surface area contributed by atoms with E-state index in [9.17, 15) is 15.0 Å². The molecule has 104 valence electrons. The third-order valence-electron chi connectivity index (χ3n) is 4.17. The molecule has 1 saturated carbocycles. The van der Waals surface area contributed by atoms with Crippen LogP contribution in [0.4, 0.5) is 5.69 Å². The summed E-state index contributed by atoms with van der Waals surface area (Å²) in [7, 11) is 0. The van der Waals surface area contributed by atoms with E-state index in [1.807, 2.05) is 24.3 Å². The van der Waals surface area contributed by atoms with E-state index in [2.05, 4.69) is 5.32 Å². The summed E-state index contributed by atoms with van der Waals surface area (Å²) in [5.41, 5.74) is 0.949. The van der Waals surface area contributed by atoms with Gasteiger partial charge in [-0.15, -0.1) is 0 Å². The molecule has 0 amide bonds. The maximum atomic E-state index is 11.3. The highest BCUT2D eigenvalue weighted by molar-refractivity contribution is 6.07. The zero-order valence-corrected chi connectivity index (χ0v) is 11.1. The van der Waals surface area contributed by atoms with Crippen molar-refractivity contribution in [3.05, 3.63) is 42.0 Å². The average molecular weight is 271 g/mol. The van der Waals surface area contributed by atoms with Gasteiger partial charge in [-0.1, -0.05) is 24.3 Å². The van der Waals surface area contributed by atoms with Crippen LogP contribution < -0.4 is 5.32 Å². The first-order valence-corrected chi connectivity index (χ1v) is 6.79. The van der Waals surface area contributed by atoms with Crippen LogP contribution in [0.5, 0.6) is 0 Å². The third-order valence-corrected chi connectivity index (χ3v) is 4.17. The second-order valence-electron chi connectivity index (χ2n) is 5.43. The van der Waals surface area contributed by atoms with Crippen LogP contribution in [-0.4, -0.2) is 28.3 Å². The first kappa shape index (κ1) is 12.9. The summed E-state index contributed by atoms with van der Waals surface area (Å²) in [5, 5.41) is 23.8. The SMILES string of the molecule is O=C(O)c1ccc(NC2(CO)CCC2)c2ccccc12. The predicted molar refractivity (Wildman–Crippen MR) is 78.2 cm³/mol. The molecule has 0 bridgehead atoms. The second kappa shape index (κ2) is 4.80. The number of rotatable bonds is 4. The normalized spacial score (nSPS) is 16.6. The largest absolute Gasteiger partial charge is 0.478 e. The summed E-state index contributed by atoms with van der Waals surface area (Å²) in [4.78, 5) is 11.3. The van der Waals surface area contributed by atoms with Crippen LogP contribution in [0.25, 0.3) is 10.8 Å². The van der Waals surface area contributed by atoms with E-state index in [-0.39, 0.29) is 12.1 Å². The maximum Gasteiger partial charge on any atom is 0.336 e. The molecule has 0 unspecified atom stereocenters. The molecular formula is C16H17NO3. The summed E-state index contributed by atoms with van der Waals surface area (Å²) >= 11 is 0. The lowest BCUT2D eigenvalue weighted by molar-refractivity contribution is 0.0699. The van der Waals surface area contributed by atoms with Crippen LogP contribution in [0.15, 0.2) is 36.4 Å². The highest BCUT2D eigenvalue weighted by Crippen LogP contribution is 2.37. The van der Waals surface area contributed by atoms with Crippen molar-refractivity contribution < 1.29 is 15.0 Å². The molecule has 3 rings (SSSR count). The number of carbonyl (C=O) groups is 1. The number of benzene rings is 2. The van der Waals surface area contributed by atoms with Gasteiger partial charge in [-0.2, -0.15) is 0 Å². The Morgan fingerprint density at radius 3 is 2.40 bits per heavy atom. The van der Waals surface area contributed by atoms with E-state index in [1.165, 1.54) is 0 Å². The zero-order chi connectivity index (χ0) is 14.2. The Balaban J connectivity index is 2.08. The number of carboxylic acid groups (broad SMARTS) is 1. The van der Waals surface area contributed by atoms with Crippen LogP contribution in [0.2, 0.25) is 0 Å². The molecule has 2 aromatic carbocycles. The van der Waals surface area contributed by atoms with Crippen LogP contribution in [0.3, 0.4) is 0 Å². The van der Waals surface area contributed by atoms with E-state index < -0.39 is 5.97 Å². The number of fused-ring (bicyclic) bond motifs is 1. The lowest BCUT2D eigenvalue weighted by Gasteiger charge is -2.42. The molecule has 0 atom stereocenters. The van der Waals surface area contributed by atoms with Gasteiger partial charge in [0.2, 0.25) is 0 Å². The first-order chi connectivity index (χ1) is 9.65. The Bertz CT molecular complexity index is 656. The topological polar surface area (TPSA) is 69.6 Å². The second-order valence-corrected chi connectivity index (χ2v) is 5.43. The Kier molecular flexibility index (Phi) is 3.10. The number of aliphatic hydroxyl groups excluding tert-OH is 1. The van der Waals surface area contributed by atoms with E-state index >= 15 is 0 Å². The summed E-state index contributed by atoms with van der Waals surface area (Å²) in [6.07, 6.45) is 3.00. The molecule has 1 aliphatic carbocycles. The fourth-order valence-corrected chi connectivity index (χ4v) is 2.81. The molecule has 0 saturated heterocycles. The van der Waals surface area contributed by atoms with Crippen molar-refractivity contribution >= 4 is 22.4 Å². The third kappa shape index (κ3) is 2.02. The number of anilines is 1. The molecule has 1 aliphatic rings. The minimum Gasteiger partial charge on any atom is -0.478 e. The molecule has 0 aromatic heterocycles. The highest BCUT2D eigenvalue weighted by atomic mass is 16.4. The van der Waals surface area contributed by atoms with Crippen molar-refractivity contribution in [3.63, 3.8) is 0 Å². The van der Waals surface area contributed by atoms with E-state index in [0.717, 1.165) is 35.7 Å². The van der Waals surface area contributed by atoms with Gasteiger partial charge in [0.05, 0.1) is 17.7 Å². The summed E-state index contributed by atoms with van der Waals surface area (Å²) in [5.74, 6) is -0.923. The Morgan fingerprint density at radius 1 is 1.15 bits per heavy atom. The van der Waals surface area contributed by atoms with Crippen molar-refractivity contribution in [1.29, 1.82) is 0 Å². The first-order valence-electron chi connectivity index (χ1n) is 6.79. The standard InChI is InChI=1S/C16H17NO3/c18-10-16(8-3-9-16)17-14-7-6-13(15(19)20)11-4-1-2-5-12(11)14/h1-2,4-7,17-18H,3,8-10H2,(H,19,20). The van der Waals surface area contributed by atoms with Crippen LogP contribution >= 0.6 is 0 Å².